The second kappa shape index (κ2) is 3.51. The van der Waals surface area contributed by atoms with E-state index in [2.05, 4.69) is 6.58 Å². The molecular weight excluding hydrogens is 119 g/mol. The van der Waals surface area contributed by atoms with E-state index in [0.29, 0.717) is 5.88 Å². The smallest absolute Gasteiger partial charge is 0.0648 e. The van der Waals surface area contributed by atoms with Crippen molar-refractivity contribution < 1.29 is 0 Å². The van der Waals surface area contributed by atoms with E-state index >= 15 is 0 Å². The highest BCUT2D eigenvalue weighted by molar-refractivity contribution is 6.28. The van der Waals surface area contributed by atoms with Crippen LogP contribution in [0.25, 0.3) is 0 Å². The van der Waals surface area contributed by atoms with E-state index in [9.17, 15) is 0 Å². The average Bonchev–Trinajstić information content (AvgIpc) is 1.65. The van der Waals surface area contributed by atoms with E-state index in [1.54, 1.807) is 6.08 Å². The van der Waals surface area contributed by atoms with Crippen molar-refractivity contribution in [2.75, 3.05) is 5.88 Å². The largest absolute Gasteiger partial charge is 0.125 e. The molecule has 0 bridgehead atoms. The standard InChI is InChI=1S/C4H6Cl2/c1-2-4(6)3-5/h2,4H,1,3H2/t4-/m1/s1. The van der Waals surface area contributed by atoms with Crippen LogP contribution in [-0.2, 0) is 0 Å². The lowest BCUT2D eigenvalue weighted by Gasteiger charge is -1.89. The third-order valence-corrected chi connectivity index (χ3v) is 1.23. The topological polar surface area (TPSA) is 0 Å². The van der Waals surface area contributed by atoms with Crippen molar-refractivity contribution >= 4 is 23.2 Å². The van der Waals surface area contributed by atoms with E-state index in [1.165, 1.54) is 0 Å². The molecule has 36 valence electrons. The maximum absolute atomic E-state index is 5.40. The monoisotopic (exact) mass is 124 g/mol. The Morgan fingerprint density at radius 1 is 1.83 bits per heavy atom. The third kappa shape index (κ3) is 2.55. The SMILES string of the molecule is C=C[C@@H](Cl)CCl. The highest BCUT2D eigenvalue weighted by Gasteiger charge is 1.89. The second-order valence-electron chi connectivity index (χ2n) is 0.906. The minimum Gasteiger partial charge on any atom is -0.125 e. The first-order valence-electron chi connectivity index (χ1n) is 1.64. The van der Waals surface area contributed by atoms with Gasteiger partial charge in [0.1, 0.15) is 0 Å². The zero-order chi connectivity index (χ0) is 4.99. The summed E-state index contributed by atoms with van der Waals surface area (Å²) in [5.41, 5.74) is 0. The van der Waals surface area contributed by atoms with Gasteiger partial charge < -0.3 is 0 Å². The van der Waals surface area contributed by atoms with Crippen LogP contribution in [0.5, 0.6) is 0 Å². The Bertz CT molecular complexity index is 42.8. The number of hydrogen-bond acceptors (Lipinski definition) is 0. The predicted octanol–water partition coefficient (Wildman–Crippen LogP) is 2.02. The normalized spacial score (nSPS) is 13.7. The van der Waals surface area contributed by atoms with Gasteiger partial charge in [0.2, 0.25) is 0 Å². The van der Waals surface area contributed by atoms with Gasteiger partial charge in [-0.1, -0.05) is 6.08 Å². The fourth-order valence-corrected chi connectivity index (χ4v) is 0.189. The van der Waals surface area contributed by atoms with Gasteiger partial charge in [-0.3, -0.25) is 0 Å². The van der Waals surface area contributed by atoms with Crippen molar-refractivity contribution in [2.24, 2.45) is 0 Å². The zero-order valence-electron chi connectivity index (χ0n) is 3.32. The summed E-state index contributed by atoms with van der Waals surface area (Å²) in [7, 11) is 0. The van der Waals surface area contributed by atoms with Gasteiger partial charge in [0, 0.05) is 5.88 Å². The minimum atomic E-state index is -0.0633. The molecule has 0 saturated carbocycles. The molecule has 0 aromatic rings. The molecule has 0 aliphatic rings. The summed E-state index contributed by atoms with van der Waals surface area (Å²) in [5, 5.41) is -0.0633. The molecule has 0 heterocycles. The summed E-state index contributed by atoms with van der Waals surface area (Å²) in [5.74, 6) is 0.449. The van der Waals surface area contributed by atoms with E-state index in [4.69, 9.17) is 23.2 Å². The molecule has 0 rings (SSSR count). The fraction of sp³-hybridized carbons (Fsp3) is 0.500. The number of allylic oxidation sites excluding steroid dienone is 1. The number of hydrogen-bond donors (Lipinski definition) is 0. The molecule has 0 N–H and O–H groups in total. The summed E-state index contributed by atoms with van der Waals surface area (Å²) < 4.78 is 0. The fourth-order valence-electron chi connectivity index (χ4n) is 0.0630. The van der Waals surface area contributed by atoms with Gasteiger partial charge in [-0.05, 0) is 0 Å². The summed E-state index contributed by atoms with van der Waals surface area (Å²) in [6, 6.07) is 0. The maximum atomic E-state index is 5.40. The lowest BCUT2D eigenvalue weighted by molar-refractivity contribution is 1.25. The van der Waals surface area contributed by atoms with Gasteiger partial charge in [-0.15, -0.1) is 29.8 Å². The van der Waals surface area contributed by atoms with Crippen molar-refractivity contribution in [1.82, 2.24) is 0 Å². The van der Waals surface area contributed by atoms with Crippen LogP contribution in [-0.4, -0.2) is 11.3 Å². The molecule has 0 nitrogen and oxygen atoms in total. The molecule has 0 aliphatic carbocycles. The predicted molar refractivity (Wildman–Crippen MR) is 30.6 cm³/mol. The van der Waals surface area contributed by atoms with Crippen LogP contribution in [0.3, 0.4) is 0 Å². The molecule has 0 radical (unpaired) electrons. The van der Waals surface area contributed by atoms with E-state index in [-0.39, 0.29) is 5.38 Å². The molecule has 2 heteroatoms. The van der Waals surface area contributed by atoms with Crippen LogP contribution >= 0.6 is 23.2 Å². The van der Waals surface area contributed by atoms with Gasteiger partial charge in [0.05, 0.1) is 5.38 Å². The van der Waals surface area contributed by atoms with E-state index in [1.807, 2.05) is 0 Å². The number of rotatable bonds is 2. The van der Waals surface area contributed by atoms with Gasteiger partial charge >= 0.3 is 0 Å². The van der Waals surface area contributed by atoms with Crippen LogP contribution in [0.4, 0.5) is 0 Å². The molecule has 0 amide bonds. The van der Waals surface area contributed by atoms with Crippen LogP contribution < -0.4 is 0 Å². The molecule has 0 saturated heterocycles. The van der Waals surface area contributed by atoms with Crippen LogP contribution in [0, 0.1) is 0 Å². The van der Waals surface area contributed by atoms with Crippen molar-refractivity contribution in [2.45, 2.75) is 5.38 Å². The lowest BCUT2D eigenvalue weighted by Crippen LogP contribution is -1.90. The van der Waals surface area contributed by atoms with Crippen molar-refractivity contribution in [3.8, 4) is 0 Å². The quantitative estimate of drug-likeness (QED) is 0.391. The number of alkyl halides is 2. The third-order valence-electron chi connectivity index (χ3n) is 0.403. The van der Waals surface area contributed by atoms with Crippen LogP contribution in [0.2, 0.25) is 0 Å². The maximum Gasteiger partial charge on any atom is 0.0648 e. The van der Waals surface area contributed by atoms with Gasteiger partial charge in [0.25, 0.3) is 0 Å². The minimum absolute atomic E-state index is 0.0633. The Labute approximate surface area is 47.8 Å². The lowest BCUT2D eigenvalue weighted by atomic mass is 10.5. The first-order valence-corrected chi connectivity index (χ1v) is 2.61. The van der Waals surface area contributed by atoms with E-state index in [0.717, 1.165) is 0 Å². The van der Waals surface area contributed by atoms with Crippen molar-refractivity contribution in [1.29, 1.82) is 0 Å². The molecule has 0 aromatic heterocycles. The number of halogens is 2. The average molecular weight is 125 g/mol. The Morgan fingerprint density at radius 3 is 2.33 bits per heavy atom. The Kier molecular flexibility index (Phi) is 3.70. The van der Waals surface area contributed by atoms with Crippen LogP contribution in [0.1, 0.15) is 0 Å². The van der Waals surface area contributed by atoms with Crippen molar-refractivity contribution in [3.63, 3.8) is 0 Å². The summed E-state index contributed by atoms with van der Waals surface area (Å²) in [4.78, 5) is 0. The zero-order valence-corrected chi connectivity index (χ0v) is 4.84. The molecule has 6 heavy (non-hydrogen) atoms. The molecule has 0 fully saturated rings. The highest BCUT2D eigenvalue weighted by Crippen LogP contribution is 1.96. The summed E-state index contributed by atoms with van der Waals surface area (Å²) in [6.07, 6.45) is 1.61. The Balaban J connectivity index is 2.96. The van der Waals surface area contributed by atoms with E-state index < -0.39 is 0 Å². The van der Waals surface area contributed by atoms with Gasteiger partial charge in [0.15, 0.2) is 0 Å². The first-order chi connectivity index (χ1) is 2.81. The molecule has 0 spiro atoms. The molecule has 1 atom stereocenters. The van der Waals surface area contributed by atoms with Gasteiger partial charge in [-0.2, -0.15) is 0 Å². The molecule has 0 aliphatic heterocycles. The second-order valence-corrected chi connectivity index (χ2v) is 1.78. The molecule has 0 aromatic carbocycles. The van der Waals surface area contributed by atoms with Gasteiger partial charge in [-0.25, -0.2) is 0 Å². The first kappa shape index (κ1) is 6.32. The molecular formula is C4H6Cl2. The Hall–Kier alpha value is 0.320. The van der Waals surface area contributed by atoms with Crippen molar-refractivity contribution in [3.05, 3.63) is 12.7 Å². The summed E-state index contributed by atoms with van der Waals surface area (Å²) in [6.45, 7) is 3.42. The Morgan fingerprint density at radius 2 is 2.33 bits per heavy atom. The van der Waals surface area contributed by atoms with Crippen LogP contribution in [0.15, 0.2) is 12.7 Å². The summed E-state index contributed by atoms with van der Waals surface area (Å²) >= 11 is 10.6. The highest BCUT2D eigenvalue weighted by atomic mass is 35.5. The molecule has 0 unspecified atom stereocenters.